The summed E-state index contributed by atoms with van der Waals surface area (Å²) in [4.78, 5) is 38.6. The molecule has 1 aliphatic rings. The molecular weight excluding hydrogens is 398 g/mol. The molecular formula is C23H27N3O5. The fourth-order valence-corrected chi connectivity index (χ4v) is 3.51. The third-order valence-corrected chi connectivity index (χ3v) is 5.03. The Morgan fingerprint density at radius 2 is 1.74 bits per heavy atom. The Bertz CT molecular complexity index is 955. The number of carbonyl (C=O) groups is 3. The molecule has 2 aromatic carbocycles. The molecule has 0 radical (unpaired) electrons. The molecule has 1 fully saturated rings. The lowest BCUT2D eigenvalue weighted by Crippen LogP contribution is -2.46. The van der Waals surface area contributed by atoms with E-state index in [1.165, 1.54) is 0 Å². The van der Waals surface area contributed by atoms with E-state index in [1.54, 1.807) is 17.0 Å². The standard InChI is InChI=1S/C23H27N3O5/c1-4-30-19-11-6-5-10-18(19)26-13-17(12-21(26)28)23(29)25-24-20(27)14-31-22-15(2)8-7-9-16(22)3/h5-11,17H,4,12-14H2,1-3H3,(H,24,27)(H,25,29)/t17-/m0/s1. The van der Waals surface area contributed by atoms with Gasteiger partial charge in [0.2, 0.25) is 11.8 Å². The Balaban J connectivity index is 1.52. The van der Waals surface area contributed by atoms with Crippen LogP contribution in [0, 0.1) is 19.8 Å². The number of aryl methyl sites for hydroxylation is 2. The molecule has 2 aromatic rings. The number of anilines is 1. The highest BCUT2D eigenvalue weighted by molar-refractivity contribution is 6.01. The predicted octanol–water partition coefficient (Wildman–Crippen LogP) is 2.28. The Morgan fingerprint density at radius 1 is 1.03 bits per heavy atom. The minimum Gasteiger partial charge on any atom is -0.492 e. The van der Waals surface area contributed by atoms with Crippen LogP contribution in [0.3, 0.4) is 0 Å². The van der Waals surface area contributed by atoms with Crippen molar-refractivity contribution in [1.82, 2.24) is 10.9 Å². The highest BCUT2D eigenvalue weighted by Gasteiger charge is 2.36. The zero-order valence-electron chi connectivity index (χ0n) is 17.9. The van der Waals surface area contributed by atoms with E-state index in [-0.39, 0.29) is 25.5 Å². The average Bonchev–Trinajstić information content (AvgIpc) is 3.14. The maximum atomic E-state index is 12.5. The van der Waals surface area contributed by atoms with Crippen LogP contribution in [0.5, 0.6) is 11.5 Å². The molecule has 8 heteroatoms. The van der Waals surface area contributed by atoms with Gasteiger partial charge in [-0.1, -0.05) is 30.3 Å². The Kier molecular flexibility index (Phi) is 7.12. The van der Waals surface area contributed by atoms with Gasteiger partial charge in [-0.2, -0.15) is 0 Å². The smallest absolute Gasteiger partial charge is 0.276 e. The van der Waals surface area contributed by atoms with Gasteiger partial charge in [-0.05, 0) is 44.0 Å². The molecule has 164 valence electrons. The van der Waals surface area contributed by atoms with Crippen LogP contribution in [0.1, 0.15) is 24.5 Å². The summed E-state index contributed by atoms with van der Waals surface area (Å²) in [6.07, 6.45) is 0.0566. The van der Waals surface area contributed by atoms with Crippen molar-refractivity contribution in [2.75, 3.05) is 24.7 Å². The topological polar surface area (TPSA) is 97.0 Å². The van der Waals surface area contributed by atoms with Crippen LogP contribution in [0.4, 0.5) is 5.69 Å². The van der Waals surface area contributed by atoms with Gasteiger partial charge < -0.3 is 14.4 Å². The molecule has 1 saturated heterocycles. The second kappa shape index (κ2) is 9.97. The van der Waals surface area contributed by atoms with E-state index < -0.39 is 17.7 Å². The fraction of sp³-hybridized carbons (Fsp3) is 0.348. The number of amides is 3. The van der Waals surface area contributed by atoms with Crippen LogP contribution < -0.4 is 25.2 Å². The van der Waals surface area contributed by atoms with E-state index >= 15 is 0 Å². The van der Waals surface area contributed by atoms with Crippen molar-refractivity contribution in [3.05, 3.63) is 53.6 Å². The third kappa shape index (κ3) is 5.33. The lowest BCUT2D eigenvalue weighted by molar-refractivity contribution is -0.132. The van der Waals surface area contributed by atoms with Crippen LogP contribution >= 0.6 is 0 Å². The Labute approximate surface area is 181 Å². The summed E-state index contributed by atoms with van der Waals surface area (Å²) in [5.41, 5.74) is 7.23. The molecule has 31 heavy (non-hydrogen) atoms. The Hall–Kier alpha value is -3.55. The van der Waals surface area contributed by atoms with Crippen LogP contribution in [-0.4, -0.2) is 37.5 Å². The normalized spacial score (nSPS) is 15.5. The summed E-state index contributed by atoms with van der Waals surface area (Å²) in [6, 6.07) is 12.9. The second-order valence-corrected chi connectivity index (χ2v) is 7.35. The molecule has 1 aliphatic heterocycles. The zero-order chi connectivity index (χ0) is 22.4. The average molecular weight is 425 g/mol. The number of carbonyl (C=O) groups excluding carboxylic acids is 3. The molecule has 0 aliphatic carbocycles. The number of hydrogen-bond donors (Lipinski definition) is 2. The van der Waals surface area contributed by atoms with E-state index in [9.17, 15) is 14.4 Å². The van der Waals surface area contributed by atoms with Crippen LogP contribution in [0.25, 0.3) is 0 Å². The second-order valence-electron chi connectivity index (χ2n) is 7.35. The Morgan fingerprint density at radius 3 is 2.45 bits per heavy atom. The first-order chi connectivity index (χ1) is 14.9. The number of ether oxygens (including phenoxy) is 2. The van der Waals surface area contributed by atoms with Gasteiger partial charge in [-0.3, -0.25) is 25.2 Å². The van der Waals surface area contributed by atoms with Gasteiger partial charge in [0.15, 0.2) is 6.61 Å². The van der Waals surface area contributed by atoms with Crippen molar-refractivity contribution >= 4 is 23.4 Å². The summed E-state index contributed by atoms with van der Waals surface area (Å²) >= 11 is 0. The van der Waals surface area contributed by atoms with Crippen LogP contribution in [0.15, 0.2) is 42.5 Å². The monoisotopic (exact) mass is 425 g/mol. The molecule has 2 N–H and O–H groups in total. The highest BCUT2D eigenvalue weighted by Crippen LogP contribution is 2.33. The van der Waals surface area contributed by atoms with E-state index in [1.807, 2.05) is 51.1 Å². The summed E-state index contributed by atoms with van der Waals surface area (Å²) in [7, 11) is 0. The van der Waals surface area contributed by atoms with E-state index in [0.717, 1.165) is 11.1 Å². The van der Waals surface area contributed by atoms with E-state index in [2.05, 4.69) is 10.9 Å². The first kappa shape index (κ1) is 22.1. The molecule has 3 rings (SSSR count). The van der Waals surface area contributed by atoms with Gasteiger partial charge in [0.25, 0.3) is 5.91 Å². The maximum absolute atomic E-state index is 12.5. The number of nitrogens with zero attached hydrogens (tertiary/aromatic N) is 1. The minimum absolute atomic E-state index is 0.0566. The van der Waals surface area contributed by atoms with Gasteiger partial charge >= 0.3 is 0 Å². The summed E-state index contributed by atoms with van der Waals surface area (Å²) in [6.45, 7) is 6.11. The molecule has 0 saturated carbocycles. The van der Waals surface area contributed by atoms with Crippen molar-refractivity contribution in [3.63, 3.8) is 0 Å². The molecule has 3 amide bonds. The third-order valence-electron chi connectivity index (χ3n) is 5.03. The number of rotatable bonds is 7. The van der Waals surface area contributed by atoms with Crippen molar-refractivity contribution in [2.45, 2.75) is 27.2 Å². The van der Waals surface area contributed by atoms with Gasteiger partial charge in [0.1, 0.15) is 11.5 Å². The van der Waals surface area contributed by atoms with Crippen molar-refractivity contribution in [2.24, 2.45) is 5.92 Å². The molecule has 1 atom stereocenters. The highest BCUT2D eigenvalue weighted by atomic mass is 16.5. The predicted molar refractivity (Wildman–Crippen MR) is 116 cm³/mol. The summed E-state index contributed by atoms with van der Waals surface area (Å²) < 4.78 is 11.2. The largest absolute Gasteiger partial charge is 0.492 e. The molecule has 0 bridgehead atoms. The SMILES string of the molecule is CCOc1ccccc1N1C[C@@H](C(=O)NNC(=O)COc2c(C)cccc2C)CC1=O. The molecule has 0 unspecified atom stereocenters. The van der Waals surface area contributed by atoms with Crippen molar-refractivity contribution in [1.29, 1.82) is 0 Å². The maximum Gasteiger partial charge on any atom is 0.276 e. The lowest BCUT2D eigenvalue weighted by Gasteiger charge is -2.20. The molecule has 1 heterocycles. The minimum atomic E-state index is -0.581. The molecule has 8 nitrogen and oxygen atoms in total. The lowest BCUT2D eigenvalue weighted by atomic mass is 10.1. The van der Waals surface area contributed by atoms with E-state index in [4.69, 9.17) is 9.47 Å². The first-order valence-corrected chi connectivity index (χ1v) is 10.2. The van der Waals surface area contributed by atoms with E-state index in [0.29, 0.717) is 23.8 Å². The van der Waals surface area contributed by atoms with Gasteiger partial charge in [-0.25, -0.2) is 0 Å². The van der Waals surface area contributed by atoms with Gasteiger partial charge in [0.05, 0.1) is 18.2 Å². The number of hydrogen-bond acceptors (Lipinski definition) is 5. The number of para-hydroxylation sites is 3. The summed E-state index contributed by atoms with van der Waals surface area (Å²) in [5, 5.41) is 0. The zero-order valence-corrected chi connectivity index (χ0v) is 17.9. The number of hydrazine groups is 1. The molecule has 0 aromatic heterocycles. The molecule has 0 spiro atoms. The van der Waals surface area contributed by atoms with Crippen molar-refractivity contribution < 1.29 is 23.9 Å². The quantitative estimate of drug-likeness (QED) is 0.664. The number of benzene rings is 2. The summed E-state index contributed by atoms with van der Waals surface area (Å²) in [5.74, 6) is -0.423. The van der Waals surface area contributed by atoms with Crippen LogP contribution in [-0.2, 0) is 14.4 Å². The van der Waals surface area contributed by atoms with Crippen molar-refractivity contribution in [3.8, 4) is 11.5 Å². The van der Waals surface area contributed by atoms with Gasteiger partial charge in [0, 0.05) is 13.0 Å². The van der Waals surface area contributed by atoms with Crippen LogP contribution in [0.2, 0.25) is 0 Å². The fourth-order valence-electron chi connectivity index (χ4n) is 3.51. The number of nitrogens with one attached hydrogen (secondary N) is 2. The van der Waals surface area contributed by atoms with Gasteiger partial charge in [-0.15, -0.1) is 0 Å². The first-order valence-electron chi connectivity index (χ1n) is 10.2.